The van der Waals surface area contributed by atoms with Gasteiger partial charge in [-0.25, -0.2) is 4.39 Å². The van der Waals surface area contributed by atoms with Crippen LogP contribution in [0.1, 0.15) is 39.4 Å². The van der Waals surface area contributed by atoms with Crippen molar-refractivity contribution in [3.8, 4) is 0 Å². The summed E-state index contributed by atoms with van der Waals surface area (Å²) in [6.45, 7) is 6.73. The Morgan fingerprint density at radius 1 is 1.23 bits per heavy atom. The van der Waals surface area contributed by atoms with Gasteiger partial charge in [0.15, 0.2) is 0 Å². The van der Waals surface area contributed by atoms with Gasteiger partial charge in [0.2, 0.25) is 11.8 Å². The van der Waals surface area contributed by atoms with E-state index in [2.05, 4.69) is 10.6 Å². The summed E-state index contributed by atoms with van der Waals surface area (Å²) in [4.78, 5) is 23.4. The normalized spacial score (nSPS) is 14.1. The summed E-state index contributed by atoms with van der Waals surface area (Å²) in [7, 11) is 0. The highest BCUT2D eigenvalue weighted by Crippen LogP contribution is 2.17. The lowest BCUT2D eigenvalue weighted by molar-refractivity contribution is -0.131. The van der Waals surface area contributed by atoms with Crippen LogP contribution in [0.15, 0.2) is 24.3 Å². The molecule has 1 aromatic rings. The molecule has 1 rings (SSSR count). The molecule has 5 nitrogen and oxygen atoms in total. The second-order valence-corrected chi connectivity index (χ2v) is 6.29. The number of hydrogen-bond donors (Lipinski definition) is 3. The first-order valence-electron chi connectivity index (χ1n) is 7.12. The van der Waals surface area contributed by atoms with E-state index in [9.17, 15) is 19.1 Å². The van der Waals surface area contributed by atoms with Crippen LogP contribution in [0.5, 0.6) is 0 Å². The van der Waals surface area contributed by atoms with E-state index >= 15 is 0 Å². The molecule has 3 N–H and O–H groups in total. The van der Waals surface area contributed by atoms with Crippen LogP contribution in [-0.4, -0.2) is 29.5 Å². The third-order valence-electron chi connectivity index (χ3n) is 3.16. The smallest absolute Gasteiger partial charge is 0.239 e. The molecule has 22 heavy (non-hydrogen) atoms. The van der Waals surface area contributed by atoms with Crippen molar-refractivity contribution in [1.82, 2.24) is 10.6 Å². The van der Waals surface area contributed by atoms with Gasteiger partial charge in [0, 0.05) is 5.41 Å². The molecular formula is C16H23FN2O3. The van der Waals surface area contributed by atoms with Crippen molar-refractivity contribution in [2.45, 2.75) is 39.8 Å². The Labute approximate surface area is 129 Å². The second-order valence-electron chi connectivity index (χ2n) is 6.29. The summed E-state index contributed by atoms with van der Waals surface area (Å²) in [6.07, 6.45) is -0.956. The van der Waals surface area contributed by atoms with Crippen molar-refractivity contribution in [3.05, 3.63) is 35.6 Å². The number of rotatable bonds is 5. The molecule has 0 aliphatic heterocycles. The number of carbonyl (C=O) groups is 2. The molecule has 122 valence electrons. The van der Waals surface area contributed by atoms with Gasteiger partial charge in [-0.15, -0.1) is 0 Å². The zero-order valence-corrected chi connectivity index (χ0v) is 13.3. The van der Waals surface area contributed by atoms with Crippen LogP contribution >= 0.6 is 0 Å². The highest BCUT2D eigenvalue weighted by Gasteiger charge is 2.23. The lowest BCUT2D eigenvalue weighted by Gasteiger charge is -2.22. The Bertz CT molecular complexity index is 523. The van der Waals surface area contributed by atoms with Gasteiger partial charge >= 0.3 is 0 Å². The average molecular weight is 310 g/mol. The number of aliphatic hydroxyl groups is 1. The summed E-state index contributed by atoms with van der Waals surface area (Å²) in [5, 5.41) is 15.2. The predicted molar refractivity (Wildman–Crippen MR) is 81.4 cm³/mol. The van der Waals surface area contributed by atoms with Crippen molar-refractivity contribution in [3.63, 3.8) is 0 Å². The number of amides is 2. The summed E-state index contributed by atoms with van der Waals surface area (Å²) < 4.78 is 12.8. The fourth-order valence-corrected chi connectivity index (χ4v) is 1.76. The summed E-state index contributed by atoms with van der Waals surface area (Å²) in [6, 6.07) is 4.85. The average Bonchev–Trinajstić information content (AvgIpc) is 2.43. The molecule has 0 saturated heterocycles. The van der Waals surface area contributed by atoms with Crippen LogP contribution in [0.3, 0.4) is 0 Å². The number of carbonyl (C=O) groups excluding carboxylic acids is 2. The topological polar surface area (TPSA) is 78.4 Å². The van der Waals surface area contributed by atoms with E-state index in [0.717, 1.165) is 0 Å². The van der Waals surface area contributed by atoms with Crippen molar-refractivity contribution in [1.29, 1.82) is 0 Å². The van der Waals surface area contributed by atoms with Gasteiger partial charge in [0.05, 0.1) is 18.7 Å². The molecule has 1 aromatic carbocycles. The standard InChI is InChI=1S/C16H23FN2O3/c1-10(14(21)11-5-7-12(17)8-6-11)19-13(20)9-18-15(22)16(2,3)4/h5-8,10,14,21H,9H2,1-4H3,(H,18,22)(H,19,20)/t10-,14-/m1/s1. The molecule has 0 aliphatic carbocycles. The molecule has 0 bridgehead atoms. The predicted octanol–water partition coefficient (Wildman–Crippen LogP) is 1.53. The first-order chi connectivity index (χ1) is 10.1. The van der Waals surface area contributed by atoms with Gasteiger partial charge < -0.3 is 15.7 Å². The van der Waals surface area contributed by atoms with Crippen LogP contribution in [0.25, 0.3) is 0 Å². The molecule has 0 heterocycles. The summed E-state index contributed by atoms with van der Waals surface area (Å²) in [5.41, 5.74) is -0.0626. The molecule has 6 heteroatoms. The lowest BCUT2D eigenvalue weighted by Crippen LogP contribution is -2.45. The Morgan fingerprint density at radius 3 is 2.27 bits per heavy atom. The van der Waals surface area contributed by atoms with Crippen molar-refractivity contribution < 1.29 is 19.1 Å². The minimum atomic E-state index is -0.956. The molecule has 2 atom stereocenters. The highest BCUT2D eigenvalue weighted by atomic mass is 19.1. The van der Waals surface area contributed by atoms with E-state index in [4.69, 9.17) is 0 Å². The number of aliphatic hydroxyl groups excluding tert-OH is 1. The van der Waals surface area contributed by atoms with Gasteiger partial charge in [-0.1, -0.05) is 32.9 Å². The van der Waals surface area contributed by atoms with E-state index in [1.807, 2.05) is 0 Å². The van der Waals surface area contributed by atoms with E-state index < -0.39 is 29.3 Å². The molecule has 0 unspecified atom stereocenters. The second kappa shape index (κ2) is 7.35. The Hall–Kier alpha value is -1.95. The van der Waals surface area contributed by atoms with Gasteiger partial charge in [0.25, 0.3) is 0 Å². The fraction of sp³-hybridized carbons (Fsp3) is 0.500. The molecule has 0 aliphatic rings. The van der Waals surface area contributed by atoms with Crippen LogP contribution in [-0.2, 0) is 9.59 Å². The van der Waals surface area contributed by atoms with E-state index in [-0.39, 0.29) is 12.5 Å². The third-order valence-corrected chi connectivity index (χ3v) is 3.16. The van der Waals surface area contributed by atoms with Crippen LogP contribution in [0.4, 0.5) is 4.39 Å². The molecule has 0 radical (unpaired) electrons. The summed E-state index contributed by atoms with van der Waals surface area (Å²) >= 11 is 0. The minimum Gasteiger partial charge on any atom is -0.386 e. The molecule has 0 saturated carbocycles. The van der Waals surface area contributed by atoms with Crippen molar-refractivity contribution in [2.24, 2.45) is 5.41 Å². The number of nitrogens with one attached hydrogen (secondary N) is 2. The molecule has 2 amide bonds. The molecule has 0 spiro atoms. The zero-order valence-electron chi connectivity index (χ0n) is 13.3. The SMILES string of the molecule is C[C@@H](NC(=O)CNC(=O)C(C)(C)C)[C@@H](O)c1ccc(F)cc1. The van der Waals surface area contributed by atoms with E-state index in [1.54, 1.807) is 27.7 Å². The highest BCUT2D eigenvalue weighted by molar-refractivity contribution is 5.87. The maximum Gasteiger partial charge on any atom is 0.239 e. The first kappa shape index (κ1) is 18.1. The van der Waals surface area contributed by atoms with Crippen LogP contribution < -0.4 is 10.6 Å². The zero-order chi connectivity index (χ0) is 16.9. The summed E-state index contributed by atoms with van der Waals surface area (Å²) in [5.74, 6) is -1.02. The number of hydrogen-bond acceptors (Lipinski definition) is 3. The third kappa shape index (κ3) is 5.44. The number of halogens is 1. The van der Waals surface area contributed by atoms with Crippen molar-refractivity contribution >= 4 is 11.8 Å². The van der Waals surface area contributed by atoms with E-state index in [0.29, 0.717) is 5.56 Å². The Kier molecular flexibility index (Phi) is 6.05. The quantitative estimate of drug-likeness (QED) is 0.771. The van der Waals surface area contributed by atoms with Gasteiger partial charge in [0.1, 0.15) is 5.82 Å². The Morgan fingerprint density at radius 2 is 1.77 bits per heavy atom. The van der Waals surface area contributed by atoms with Gasteiger partial charge in [-0.05, 0) is 24.6 Å². The molecule has 0 aromatic heterocycles. The monoisotopic (exact) mass is 310 g/mol. The Balaban J connectivity index is 2.50. The fourth-order valence-electron chi connectivity index (χ4n) is 1.76. The van der Waals surface area contributed by atoms with Gasteiger partial charge in [-0.2, -0.15) is 0 Å². The maximum atomic E-state index is 12.8. The maximum absolute atomic E-state index is 12.8. The first-order valence-corrected chi connectivity index (χ1v) is 7.12. The number of benzene rings is 1. The molecule has 0 fully saturated rings. The lowest BCUT2D eigenvalue weighted by atomic mass is 9.96. The van der Waals surface area contributed by atoms with Crippen LogP contribution in [0, 0.1) is 11.2 Å². The van der Waals surface area contributed by atoms with Gasteiger partial charge in [-0.3, -0.25) is 9.59 Å². The van der Waals surface area contributed by atoms with E-state index in [1.165, 1.54) is 24.3 Å². The van der Waals surface area contributed by atoms with Crippen molar-refractivity contribution in [2.75, 3.05) is 6.54 Å². The molecular weight excluding hydrogens is 287 g/mol. The largest absolute Gasteiger partial charge is 0.386 e. The minimum absolute atomic E-state index is 0.156. The van der Waals surface area contributed by atoms with Crippen LogP contribution in [0.2, 0.25) is 0 Å².